The van der Waals surface area contributed by atoms with Crippen LogP contribution < -0.4 is 10.2 Å². The van der Waals surface area contributed by atoms with Gasteiger partial charge < -0.3 is 34.2 Å². The fourth-order valence-electron chi connectivity index (χ4n) is 7.19. The number of anilines is 1. The number of carbonyl (C=O) groups excluding carboxylic acids is 2. The summed E-state index contributed by atoms with van der Waals surface area (Å²) in [5, 5.41) is 3.40. The van der Waals surface area contributed by atoms with Crippen molar-refractivity contribution in [2.45, 2.75) is 49.7 Å². The average Bonchev–Trinajstić information content (AvgIpc) is 3.85. The van der Waals surface area contributed by atoms with Gasteiger partial charge in [0.15, 0.2) is 5.13 Å². The van der Waals surface area contributed by atoms with Gasteiger partial charge in [-0.2, -0.15) is 4.39 Å². The molecule has 4 heterocycles. The molecule has 0 spiro atoms. The molecular formula is C32H42FN5O5S. The molecule has 2 amide bonds. The second-order valence-electron chi connectivity index (χ2n) is 12.3. The molecule has 1 N–H and O–H groups in total. The van der Waals surface area contributed by atoms with Crippen LogP contribution >= 0.6 is 11.3 Å². The predicted molar refractivity (Wildman–Crippen MR) is 166 cm³/mol. The number of nitrogens with zero attached hydrogens (tertiary/aromatic N) is 4. The first-order valence-corrected chi connectivity index (χ1v) is 16.3. The van der Waals surface area contributed by atoms with Crippen molar-refractivity contribution in [3.05, 3.63) is 47.6 Å². The van der Waals surface area contributed by atoms with Crippen molar-refractivity contribution in [2.75, 3.05) is 65.5 Å². The summed E-state index contributed by atoms with van der Waals surface area (Å²) in [6.45, 7) is 8.01. The monoisotopic (exact) mass is 627 g/mol. The second kappa shape index (κ2) is 12.8. The highest BCUT2D eigenvalue weighted by Crippen LogP contribution is 2.43. The van der Waals surface area contributed by atoms with Gasteiger partial charge in [0.1, 0.15) is 24.4 Å². The largest absolute Gasteiger partial charge is 0.369 e. The highest BCUT2D eigenvalue weighted by Gasteiger charge is 2.61. The van der Waals surface area contributed by atoms with Crippen LogP contribution in [0, 0.1) is 17.0 Å². The Morgan fingerprint density at radius 3 is 2.48 bits per heavy atom. The molecule has 0 radical (unpaired) electrons. The van der Waals surface area contributed by atoms with E-state index in [2.05, 4.69) is 33.7 Å². The van der Waals surface area contributed by atoms with Crippen LogP contribution in [0.4, 0.5) is 9.52 Å². The number of ether oxygens (including phenoxy) is 3. The lowest BCUT2D eigenvalue weighted by atomic mass is 9.95. The van der Waals surface area contributed by atoms with E-state index in [0.29, 0.717) is 22.8 Å². The first-order chi connectivity index (χ1) is 21.3. The fourth-order valence-corrected chi connectivity index (χ4v) is 8.06. The average molecular weight is 628 g/mol. The summed E-state index contributed by atoms with van der Waals surface area (Å²) in [5.41, 5.74) is 1.29. The van der Waals surface area contributed by atoms with Crippen molar-refractivity contribution in [1.29, 1.82) is 0 Å². The molecule has 44 heavy (non-hydrogen) atoms. The van der Waals surface area contributed by atoms with Gasteiger partial charge in [-0.1, -0.05) is 42.4 Å². The number of benzene rings is 1. The van der Waals surface area contributed by atoms with E-state index in [1.807, 2.05) is 6.08 Å². The smallest absolute Gasteiger partial charge is 0.251 e. The van der Waals surface area contributed by atoms with Crippen LogP contribution in [0.5, 0.6) is 0 Å². The Morgan fingerprint density at radius 2 is 1.84 bits per heavy atom. The van der Waals surface area contributed by atoms with Gasteiger partial charge in [0.2, 0.25) is 16.8 Å². The van der Waals surface area contributed by atoms with Crippen LogP contribution in [0.15, 0.2) is 36.9 Å². The number of thiazole rings is 1. The standard InChI is InChI=1S/C32H42FN5O5S/c1-5-20-18-38(27-26(20)43-19-32(27,41-3)42-4)30(40)25(21-8-6-7-9-21)34-29(39)23-12-10-22(11-13-23)24-28(33)44-31(35-24)37-16-14-36(2)15-17-37/h5,10-13,20-21,25-27H,1,6-9,14-19H2,2-4H3,(H,34,39)/t20-,25+,26-,27+/m1/s1. The summed E-state index contributed by atoms with van der Waals surface area (Å²) < 4.78 is 32.6. The van der Waals surface area contributed by atoms with Crippen molar-refractivity contribution in [3.63, 3.8) is 0 Å². The first-order valence-electron chi connectivity index (χ1n) is 15.4. The van der Waals surface area contributed by atoms with Gasteiger partial charge in [0.05, 0.1) is 6.10 Å². The molecule has 0 unspecified atom stereocenters. The minimum atomic E-state index is -1.09. The summed E-state index contributed by atoms with van der Waals surface area (Å²) in [6, 6.07) is 5.60. The molecule has 10 nitrogen and oxygen atoms in total. The van der Waals surface area contributed by atoms with Crippen molar-refractivity contribution >= 4 is 28.3 Å². The third kappa shape index (κ3) is 5.66. The molecule has 4 aliphatic rings. The minimum Gasteiger partial charge on any atom is -0.369 e. The lowest BCUT2D eigenvalue weighted by molar-refractivity contribution is -0.227. The zero-order valence-corrected chi connectivity index (χ0v) is 26.5. The Hall–Kier alpha value is -2.90. The van der Waals surface area contributed by atoms with E-state index in [0.717, 1.165) is 63.2 Å². The molecule has 1 aromatic carbocycles. The topological polar surface area (TPSA) is 96.5 Å². The summed E-state index contributed by atoms with van der Waals surface area (Å²) >= 11 is 1.05. The molecule has 12 heteroatoms. The molecule has 1 aliphatic carbocycles. The molecular weight excluding hydrogens is 585 g/mol. The molecule has 238 valence electrons. The SMILES string of the molecule is C=C[C@@H]1CN(C(=O)[C@@H](NC(=O)c2ccc(-c3nc(N4CCN(C)CC4)sc3F)cc2)C2CCCC2)[C@H]2[C@@H]1OCC2(OC)OC. The third-order valence-corrected chi connectivity index (χ3v) is 10.8. The molecule has 4 fully saturated rings. The minimum absolute atomic E-state index is 0.0193. The van der Waals surface area contributed by atoms with Crippen molar-refractivity contribution in [3.8, 4) is 11.3 Å². The second-order valence-corrected chi connectivity index (χ2v) is 13.2. The van der Waals surface area contributed by atoms with E-state index in [-0.39, 0.29) is 47.2 Å². The van der Waals surface area contributed by atoms with Crippen LogP contribution in [-0.2, 0) is 19.0 Å². The number of fused-ring (bicyclic) bond motifs is 1. The molecule has 2 aromatic rings. The van der Waals surface area contributed by atoms with E-state index in [1.165, 1.54) is 0 Å². The van der Waals surface area contributed by atoms with Gasteiger partial charge in [-0.15, -0.1) is 6.58 Å². The predicted octanol–water partition coefficient (Wildman–Crippen LogP) is 3.39. The van der Waals surface area contributed by atoms with E-state index in [4.69, 9.17) is 14.2 Å². The number of likely N-dealkylation sites (tertiary alicyclic amines) is 1. The Kier molecular flexibility index (Phi) is 9.07. The molecule has 1 saturated carbocycles. The Balaban J connectivity index is 1.20. The molecule has 1 aromatic heterocycles. The maximum atomic E-state index is 15.0. The Labute approximate surface area is 262 Å². The number of carbonyl (C=O) groups is 2. The summed E-state index contributed by atoms with van der Waals surface area (Å²) in [6.07, 6.45) is 5.26. The van der Waals surface area contributed by atoms with Crippen LogP contribution in [0.25, 0.3) is 11.3 Å². The summed E-state index contributed by atoms with van der Waals surface area (Å²) in [7, 11) is 5.19. The zero-order chi connectivity index (χ0) is 31.0. The maximum Gasteiger partial charge on any atom is 0.251 e. The zero-order valence-electron chi connectivity index (χ0n) is 25.7. The van der Waals surface area contributed by atoms with Crippen LogP contribution in [0.1, 0.15) is 36.0 Å². The lowest BCUT2D eigenvalue weighted by Gasteiger charge is -2.38. The molecule has 4 atom stereocenters. The molecule has 6 rings (SSSR count). The number of piperazine rings is 1. The summed E-state index contributed by atoms with van der Waals surface area (Å²) in [5.74, 6) is -1.65. The highest BCUT2D eigenvalue weighted by atomic mass is 32.1. The van der Waals surface area contributed by atoms with Crippen molar-refractivity contribution in [1.82, 2.24) is 20.1 Å². The first kappa shape index (κ1) is 31.1. The van der Waals surface area contributed by atoms with Crippen molar-refractivity contribution in [2.24, 2.45) is 11.8 Å². The Bertz CT molecular complexity index is 1350. The van der Waals surface area contributed by atoms with Gasteiger partial charge in [-0.3, -0.25) is 9.59 Å². The van der Waals surface area contributed by atoms with Gasteiger partial charge in [-0.05, 0) is 37.9 Å². The number of amides is 2. The number of nitrogens with one attached hydrogen (secondary N) is 1. The number of aromatic nitrogens is 1. The quantitative estimate of drug-likeness (QED) is 0.334. The fraction of sp³-hybridized carbons (Fsp3) is 0.594. The molecule has 0 bridgehead atoms. The van der Waals surface area contributed by atoms with Gasteiger partial charge in [0.25, 0.3) is 5.91 Å². The van der Waals surface area contributed by atoms with Crippen molar-refractivity contribution < 1.29 is 28.2 Å². The normalized spacial score (nSPS) is 26.1. The van der Waals surface area contributed by atoms with E-state index in [1.54, 1.807) is 43.4 Å². The molecule has 3 aliphatic heterocycles. The number of methoxy groups -OCH3 is 2. The van der Waals surface area contributed by atoms with E-state index < -0.39 is 17.9 Å². The van der Waals surface area contributed by atoms with Crippen LogP contribution in [0.3, 0.4) is 0 Å². The van der Waals surface area contributed by atoms with Crippen LogP contribution in [-0.4, -0.2) is 111 Å². The van der Waals surface area contributed by atoms with Crippen LogP contribution in [0.2, 0.25) is 0 Å². The van der Waals surface area contributed by atoms with Gasteiger partial charge >= 0.3 is 0 Å². The Morgan fingerprint density at radius 1 is 1.16 bits per heavy atom. The van der Waals surface area contributed by atoms with E-state index in [9.17, 15) is 14.0 Å². The van der Waals surface area contributed by atoms with E-state index >= 15 is 0 Å². The number of hydrogen-bond acceptors (Lipinski definition) is 9. The maximum absolute atomic E-state index is 15.0. The summed E-state index contributed by atoms with van der Waals surface area (Å²) in [4.78, 5) is 38.6. The van der Waals surface area contributed by atoms with Gasteiger partial charge in [0, 0.05) is 64.0 Å². The van der Waals surface area contributed by atoms with Gasteiger partial charge in [-0.25, -0.2) is 4.98 Å². The molecule has 3 saturated heterocycles. The number of halogens is 1. The third-order valence-electron chi connectivity index (χ3n) is 9.87. The number of hydrogen-bond donors (Lipinski definition) is 1. The number of likely N-dealkylation sites (N-methyl/N-ethyl adjacent to an activating group) is 1. The number of rotatable bonds is 9. The highest BCUT2D eigenvalue weighted by molar-refractivity contribution is 7.14. The lowest BCUT2D eigenvalue weighted by Crippen LogP contribution is -2.59.